The van der Waals surface area contributed by atoms with Gasteiger partial charge >= 0.3 is 5.97 Å². The summed E-state index contributed by atoms with van der Waals surface area (Å²) in [5, 5.41) is 16.3. The summed E-state index contributed by atoms with van der Waals surface area (Å²) in [5.74, 6) is 2.17. The van der Waals surface area contributed by atoms with Crippen molar-refractivity contribution in [3.8, 4) is 0 Å². The van der Waals surface area contributed by atoms with Crippen molar-refractivity contribution in [3.05, 3.63) is 46.0 Å². The molecule has 0 heterocycles. The molecule has 6 aliphatic rings. The van der Waals surface area contributed by atoms with E-state index in [2.05, 4.69) is 52.2 Å². The van der Waals surface area contributed by atoms with Crippen LogP contribution in [0.2, 0.25) is 5.02 Å². The Bertz CT molecular complexity index is 1850. The standard InChI is InChI=1S/C43H68N2O5.C7H5ClO/c1-24(2)35-32(47)23-43(19-20-45-38(50)40(6,7)44-10)18-14-30-27(36(35)43)11-12-34-41(30,8)17-15-33-39(4,5)26(13-16-42(33,34)9)21-31(46)28-22-29(25(28)3)37(48)49;8-7-4-2-1-3-6(7)5-9/h24-30,33-34,44H,11-23H2,1-10H3,(H,45,50)(H,48,49);1-5H. The lowest BCUT2D eigenvalue weighted by molar-refractivity contribution is -0.193. The Balaban J connectivity index is 0.000000575. The van der Waals surface area contributed by atoms with E-state index in [9.17, 15) is 29.1 Å². The highest BCUT2D eigenvalue weighted by Gasteiger charge is 2.66. The number of nitrogens with one attached hydrogen (secondary N) is 2. The largest absolute Gasteiger partial charge is 0.481 e. The fraction of sp³-hybridized carbons (Fsp3) is 0.740. The molecule has 0 spiro atoms. The first-order valence-corrected chi connectivity index (χ1v) is 23.2. The molecule has 59 heavy (non-hydrogen) atoms. The summed E-state index contributed by atoms with van der Waals surface area (Å²) in [6, 6.07) is 6.92. The van der Waals surface area contributed by atoms with Gasteiger partial charge in [-0.15, -0.1) is 0 Å². The number of carbonyl (C=O) groups excluding carboxylic acids is 4. The molecule has 5 fully saturated rings. The molecule has 326 valence electrons. The molecule has 1 aromatic rings. The van der Waals surface area contributed by atoms with Crippen LogP contribution in [0.1, 0.15) is 150 Å². The van der Waals surface area contributed by atoms with Crippen LogP contribution in [0.4, 0.5) is 0 Å². The van der Waals surface area contributed by atoms with Crippen LogP contribution in [0.15, 0.2) is 35.4 Å². The predicted octanol–water partition coefficient (Wildman–Crippen LogP) is 10.2. The third-order valence-electron chi connectivity index (χ3n) is 18.1. The summed E-state index contributed by atoms with van der Waals surface area (Å²) in [4.78, 5) is 62.1. The van der Waals surface area contributed by atoms with Gasteiger partial charge in [0, 0.05) is 36.3 Å². The molecule has 1 aromatic carbocycles. The van der Waals surface area contributed by atoms with E-state index in [1.807, 2.05) is 27.8 Å². The molecule has 6 aliphatic carbocycles. The summed E-state index contributed by atoms with van der Waals surface area (Å²) >= 11 is 5.59. The molecular formula is C50H73ClN2O6. The number of allylic oxidation sites excluding steroid dienone is 2. The number of rotatable bonds is 11. The van der Waals surface area contributed by atoms with E-state index in [4.69, 9.17) is 11.6 Å². The second-order valence-corrected chi connectivity index (χ2v) is 22.1. The van der Waals surface area contributed by atoms with Gasteiger partial charge in [-0.2, -0.15) is 0 Å². The third-order valence-corrected chi connectivity index (χ3v) is 18.4. The van der Waals surface area contributed by atoms with Crippen LogP contribution in [-0.2, 0) is 19.2 Å². The zero-order valence-electron chi connectivity index (χ0n) is 37.6. The topological polar surface area (TPSA) is 130 Å². The molecule has 1 amide bonds. The second kappa shape index (κ2) is 16.8. The molecule has 9 heteroatoms. The number of halogens is 1. The lowest BCUT2D eigenvalue weighted by Gasteiger charge is -2.69. The van der Waals surface area contributed by atoms with E-state index < -0.39 is 11.5 Å². The van der Waals surface area contributed by atoms with E-state index in [0.717, 1.165) is 44.0 Å². The van der Waals surface area contributed by atoms with Gasteiger partial charge in [-0.3, -0.25) is 24.0 Å². The van der Waals surface area contributed by atoms with Crippen LogP contribution in [0.5, 0.6) is 0 Å². The molecule has 0 radical (unpaired) electrons. The molecule has 0 bridgehead atoms. The maximum absolute atomic E-state index is 13.9. The molecule has 8 nitrogen and oxygen atoms in total. The van der Waals surface area contributed by atoms with Crippen molar-refractivity contribution in [3.63, 3.8) is 0 Å². The number of Topliss-reactive ketones (excluding diaryl/α,β-unsaturated/α-hetero) is 2. The number of fused-ring (bicyclic) bond motifs is 7. The molecule has 0 aliphatic heterocycles. The minimum Gasteiger partial charge on any atom is -0.481 e. The van der Waals surface area contributed by atoms with Crippen LogP contribution < -0.4 is 10.6 Å². The van der Waals surface area contributed by atoms with Crippen molar-refractivity contribution in [2.75, 3.05) is 13.6 Å². The van der Waals surface area contributed by atoms with Crippen molar-refractivity contribution < 1.29 is 29.1 Å². The average molecular weight is 834 g/mol. The minimum absolute atomic E-state index is 0.00785. The van der Waals surface area contributed by atoms with Gasteiger partial charge < -0.3 is 15.7 Å². The Labute approximate surface area is 359 Å². The van der Waals surface area contributed by atoms with E-state index >= 15 is 0 Å². The minimum atomic E-state index is -0.756. The van der Waals surface area contributed by atoms with Gasteiger partial charge in [-0.25, -0.2) is 0 Å². The van der Waals surface area contributed by atoms with Crippen LogP contribution in [0.3, 0.4) is 0 Å². The van der Waals surface area contributed by atoms with Crippen LogP contribution in [0, 0.1) is 74.9 Å². The van der Waals surface area contributed by atoms with Gasteiger partial charge in [0.15, 0.2) is 12.1 Å². The Morgan fingerprint density at radius 3 is 2.22 bits per heavy atom. The molecule has 0 saturated heterocycles. The van der Waals surface area contributed by atoms with Crippen molar-refractivity contribution >= 4 is 41.3 Å². The number of ketones is 2. The van der Waals surface area contributed by atoms with Crippen molar-refractivity contribution in [2.45, 2.75) is 145 Å². The molecular weight excluding hydrogens is 760 g/mol. The summed E-state index contributed by atoms with van der Waals surface area (Å²) < 4.78 is 0. The summed E-state index contributed by atoms with van der Waals surface area (Å²) in [6.07, 6.45) is 12.5. The zero-order chi connectivity index (χ0) is 43.5. The number of hydrogen-bond donors (Lipinski definition) is 3. The van der Waals surface area contributed by atoms with Crippen LogP contribution in [-0.4, -0.2) is 54.0 Å². The Morgan fingerprint density at radius 2 is 1.63 bits per heavy atom. The van der Waals surface area contributed by atoms with Gasteiger partial charge in [-0.05, 0) is 154 Å². The van der Waals surface area contributed by atoms with Crippen LogP contribution in [0.25, 0.3) is 0 Å². The quantitative estimate of drug-likeness (QED) is 0.189. The first kappa shape index (κ1) is 45.7. The van der Waals surface area contributed by atoms with E-state index in [-0.39, 0.29) is 51.2 Å². The van der Waals surface area contributed by atoms with E-state index in [1.54, 1.807) is 24.3 Å². The Morgan fingerprint density at radius 1 is 0.949 bits per heavy atom. The predicted molar refractivity (Wildman–Crippen MR) is 234 cm³/mol. The maximum Gasteiger partial charge on any atom is 0.306 e. The number of carboxylic acid groups (broad SMARTS) is 1. The lowest BCUT2D eigenvalue weighted by atomic mass is 9.35. The molecule has 11 atom stereocenters. The van der Waals surface area contributed by atoms with Gasteiger partial charge in [0.05, 0.1) is 16.5 Å². The molecule has 0 aromatic heterocycles. The molecule has 7 rings (SSSR count). The Kier molecular flexibility index (Phi) is 13.0. The number of aldehydes is 1. The van der Waals surface area contributed by atoms with Crippen molar-refractivity contribution in [1.82, 2.24) is 10.6 Å². The summed E-state index contributed by atoms with van der Waals surface area (Å²) in [7, 11) is 1.82. The fourth-order valence-corrected chi connectivity index (χ4v) is 14.6. The lowest BCUT2D eigenvalue weighted by Crippen LogP contribution is -2.62. The van der Waals surface area contributed by atoms with E-state index in [1.165, 1.54) is 31.3 Å². The normalized spacial score (nSPS) is 37.1. The van der Waals surface area contributed by atoms with Crippen molar-refractivity contribution in [1.29, 1.82) is 0 Å². The first-order valence-electron chi connectivity index (χ1n) is 22.8. The monoisotopic (exact) mass is 833 g/mol. The molecule has 5 saturated carbocycles. The number of carbonyl (C=O) groups is 5. The molecule has 11 unspecified atom stereocenters. The number of benzene rings is 1. The Hall–Kier alpha value is -2.84. The van der Waals surface area contributed by atoms with Crippen LogP contribution >= 0.6 is 11.6 Å². The number of likely N-dealkylation sites (N-methyl/N-ethyl adjacent to an activating group) is 1. The number of hydrogen-bond acceptors (Lipinski definition) is 6. The van der Waals surface area contributed by atoms with Crippen molar-refractivity contribution in [2.24, 2.45) is 74.9 Å². The molecule has 3 N–H and O–H groups in total. The zero-order valence-corrected chi connectivity index (χ0v) is 38.4. The first-order chi connectivity index (χ1) is 27.6. The fourth-order valence-electron chi connectivity index (χ4n) is 14.4. The SMILES string of the molecule is CNC(C)(C)C(=O)NCCC12CCC3C(CCC4C3(C)CCC3C(C)(C)C(CC(=O)C5CC(C(=O)O)C5C)CCC34C)C1=C(C(C)C)C(=O)C2.O=Cc1ccccc1Cl. The number of amides is 1. The summed E-state index contributed by atoms with van der Waals surface area (Å²) in [6.45, 7) is 20.9. The van der Waals surface area contributed by atoms with Gasteiger partial charge in [0.1, 0.15) is 5.78 Å². The highest BCUT2D eigenvalue weighted by atomic mass is 35.5. The van der Waals surface area contributed by atoms with Gasteiger partial charge in [0.2, 0.25) is 5.91 Å². The number of carboxylic acids is 1. The summed E-state index contributed by atoms with van der Waals surface area (Å²) in [5.41, 5.74) is 2.88. The highest BCUT2D eigenvalue weighted by molar-refractivity contribution is 6.32. The number of aliphatic carboxylic acids is 1. The van der Waals surface area contributed by atoms with Gasteiger partial charge in [-0.1, -0.05) is 83.8 Å². The highest BCUT2D eigenvalue weighted by Crippen LogP contribution is 2.74. The van der Waals surface area contributed by atoms with Gasteiger partial charge in [0.25, 0.3) is 0 Å². The van der Waals surface area contributed by atoms with E-state index in [0.29, 0.717) is 77.5 Å². The third kappa shape index (κ3) is 7.93. The average Bonchev–Trinajstić information content (AvgIpc) is 3.47. The second-order valence-electron chi connectivity index (χ2n) is 21.7. The maximum atomic E-state index is 13.9. The smallest absolute Gasteiger partial charge is 0.306 e.